The average Bonchev–Trinajstić information content (AvgIpc) is 2.46. The third-order valence-electron chi connectivity index (χ3n) is 2.05. The van der Waals surface area contributed by atoms with Crippen LogP contribution in [0.2, 0.25) is 0 Å². The Morgan fingerprint density at radius 2 is 2.18 bits per heavy atom. The number of nitrogens with two attached hydrogens (primary N) is 2. The summed E-state index contributed by atoms with van der Waals surface area (Å²) in [6.45, 7) is 3.51. The Bertz CT molecular complexity index is 424. The number of nitrogen functional groups attached to an aromatic ring is 1. The Kier molecular flexibility index (Phi) is 3.72. The number of hydrogen-bond donors (Lipinski definition) is 3. The van der Waals surface area contributed by atoms with Crippen LogP contribution in [0.25, 0.3) is 0 Å². The molecule has 1 heterocycles. The number of carbonyl (C=O) groups excluding carboxylic acids is 2. The molecule has 0 atom stereocenters. The van der Waals surface area contributed by atoms with E-state index in [2.05, 4.69) is 10.4 Å². The summed E-state index contributed by atoms with van der Waals surface area (Å²) < 4.78 is 1.42. The number of aromatic nitrogens is 2. The van der Waals surface area contributed by atoms with Crippen LogP contribution in [-0.2, 0) is 16.1 Å². The monoisotopic (exact) mass is 239 g/mol. The van der Waals surface area contributed by atoms with Crippen LogP contribution in [0.4, 0.5) is 5.69 Å². The minimum Gasteiger partial charge on any atom is -0.396 e. The van der Waals surface area contributed by atoms with Crippen LogP contribution in [0, 0.1) is 0 Å². The van der Waals surface area contributed by atoms with Crippen molar-refractivity contribution < 1.29 is 9.59 Å². The van der Waals surface area contributed by atoms with Gasteiger partial charge in [0.15, 0.2) is 0 Å². The Morgan fingerprint density at radius 3 is 2.65 bits per heavy atom. The van der Waals surface area contributed by atoms with Gasteiger partial charge in [-0.2, -0.15) is 5.10 Å². The van der Waals surface area contributed by atoms with Crippen molar-refractivity contribution in [3.63, 3.8) is 0 Å². The molecule has 7 heteroatoms. The van der Waals surface area contributed by atoms with Gasteiger partial charge in [0.1, 0.15) is 6.54 Å². The maximum absolute atomic E-state index is 11.7. The molecule has 0 aliphatic rings. The maximum atomic E-state index is 11.7. The summed E-state index contributed by atoms with van der Waals surface area (Å²) >= 11 is 0. The molecule has 0 spiro atoms. The second kappa shape index (κ2) is 4.86. The Hall–Kier alpha value is -2.05. The van der Waals surface area contributed by atoms with Gasteiger partial charge >= 0.3 is 0 Å². The second-order valence-corrected chi connectivity index (χ2v) is 4.55. The molecular formula is C10H17N5O2. The van der Waals surface area contributed by atoms with Crippen molar-refractivity contribution in [2.75, 3.05) is 5.73 Å². The van der Waals surface area contributed by atoms with Crippen molar-refractivity contribution in [1.29, 1.82) is 0 Å². The predicted octanol–water partition coefficient (Wildman–Crippen LogP) is -0.764. The number of rotatable bonds is 5. The molecule has 7 nitrogen and oxygen atoms in total. The first-order chi connectivity index (χ1) is 7.78. The van der Waals surface area contributed by atoms with Gasteiger partial charge in [-0.05, 0) is 13.8 Å². The molecular weight excluding hydrogens is 222 g/mol. The Balaban J connectivity index is 2.52. The molecule has 0 aliphatic heterocycles. The lowest BCUT2D eigenvalue weighted by molar-refractivity contribution is -0.124. The Morgan fingerprint density at radius 1 is 1.53 bits per heavy atom. The van der Waals surface area contributed by atoms with Crippen LogP contribution < -0.4 is 16.8 Å². The zero-order valence-electron chi connectivity index (χ0n) is 9.93. The van der Waals surface area contributed by atoms with E-state index in [4.69, 9.17) is 11.5 Å². The highest BCUT2D eigenvalue weighted by molar-refractivity contribution is 5.79. The summed E-state index contributed by atoms with van der Waals surface area (Å²) in [4.78, 5) is 22.4. The van der Waals surface area contributed by atoms with Gasteiger partial charge in [0, 0.05) is 18.2 Å². The highest BCUT2D eigenvalue weighted by Crippen LogP contribution is 2.07. The molecule has 0 unspecified atom stereocenters. The number of amides is 2. The quantitative estimate of drug-likeness (QED) is 0.626. The molecule has 0 fully saturated rings. The number of nitrogens with one attached hydrogen (secondary N) is 1. The number of primary amides is 1. The van der Waals surface area contributed by atoms with Crippen molar-refractivity contribution in [3.8, 4) is 0 Å². The highest BCUT2D eigenvalue weighted by Gasteiger charge is 2.22. The van der Waals surface area contributed by atoms with Crippen LogP contribution in [0.3, 0.4) is 0 Å². The zero-order chi connectivity index (χ0) is 13.1. The number of hydrogen-bond acceptors (Lipinski definition) is 4. The van der Waals surface area contributed by atoms with E-state index < -0.39 is 11.4 Å². The fraction of sp³-hybridized carbons (Fsp3) is 0.500. The molecule has 17 heavy (non-hydrogen) atoms. The van der Waals surface area contributed by atoms with E-state index in [1.54, 1.807) is 20.0 Å². The van der Waals surface area contributed by atoms with E-state index >= 15 is 0 Å². The maximum Gasteiger partial charge on any atom is 0.242 e. The molecule has 0 saturated carbocycles. The molecule has 0 aromatic carbocycles. The summed E-state index contributed by atoms with van der Waals surface area (Å²) in [7, 11) is 0. The van der Waals surface area contributed by atoms with Crippen LogP contribution >= 0.6 is 0 Å². The Labute approximate surface area is 99.1 Å². The summed E-state index contributed by atoms with van der Waals surface area (Å²) in [5, 5.41) is 6.59. The van der Waals surface area contributed by atoms with Crippen molar-refractivity contribution in [3.05, 3.63) is 12.4 Å². The van der Waals surface area contributed by atoms with E-state index in [9.17, 15) is 9.59 Å². The molecule has 0 saturated heterocycles. The minimum absolute atomic E-state index is 0.0550. The fourth-order valence-corrected chi connectivity index (χ4v) is 1.51. The standard InChI is InChI=1S/C10H17N5O2/c1-10(2,3-8(12)16)14-9(17)6-15-5-7(11)4-13-15/h4-5H,3,6,11H2,1-2H3,(H2,12,16)(H,14,17). The molecule has 5 N–H and O–H groups in total. The van der Waals surface area contributed by atoms with Crippen molar-refractivity contribution in [2.24, 2.45) is 5.73 Å². The van der Waals surface area contributed by atoms with Gasteiger partial charge in [0.2, 0.25) is 11.8 Å². The number of nitrogens with zero attached hydrogens (tertiary/aromatic N) is 2. The molecule has 2 amide bonds. The van der Waals surface area contributed by atoms with E-state index in [0.29, 0.717) is 5.69 Å². The van der Waals surface area contributed by atoms with E-state index in [1.807, 2.05) is 0 Å². The van der Waals surface area contributed by atoms with E-state index in [-0.39, 0.29) is 18.9 Å². The smallest absolute Gasteiger partial charge is 0.242 e. The lowest BCUT2D eigenvalue weighted by Crippen LogP contribution is -2.47. The SMILES string of the molecule is CC(C)(CC(N)=O)NC(=O)Cn1cc(N)cn1. The van der Waals surface area contributed by atoms with Crippen LogP contribution in [0.5, 0.6) is 0 Å². The van der Waals surface area contributed by atoms with Gasteiger partial charge in [0.25, 0.3) is 0 Å². The normalized spacial score (nSPS) is 11.2. The molecule has 1 aromatic rings. The topological polar surface area (TPSA) is 116 Å². The van der Waals surface area contributed by atoms with Crippen molar-refractivity contribution in [2.45, 2.75) is 32.4 Å². The van der Waals surface area contributed by atoms with Gasteiger partial charge in [-0.1, -0.05) is 0 Å². The summed E-state index contributed by atoms with van der Waals surface area (Å²) in [6.07, 6.45) is 3.10. The van der Waals surface area contributed by atoms with E-state index in [0.717, 1.165) is 0 Å². The van der Waals surface area contributed by atoms with E-state index in [1.165, 1.54) is 10.9 Å². The highest BCUT2D eigenvalue weighted by atomic mass is 16.2. The second-order valence-electron chi connectivity index (χ2n) is 4.55. The molecule has 1 aromatic heterocycles. The largest absolute Gasteiger partial charge is 0.396 e. The lowest BCUT2D eigenvalue weighted by Gasteiger charge is -2.24. The molecule has 0 radical (unpaired) electrons. The van der Waals surface area contributed by atoms with Crippen molar-refractivity contribution >= 4 is 17.5 Å². The van der Waals surface area contributed by atoms with Gasteiger partial charge in [-0.25, -0.2) is 0 Å². The predicted molar refractivity (Wildman–Crippen MR) is 62.7 cm³/mol. The lowest BCUT2D eigenvalue weighted by atomic mass is 10.0. The van der Waals surface area contributed by atoms with Crippen molar-refractivity contribution in [1.82, 2.24) is 15.1 Å². The fourth-order valence-electron chi connectivity index (χ4n) is 1.51. The first kappa shape index (κ1) is 13.0. The first-order valence-corrected chi connectivity index (χ1v) is 5.16. The third kappa shape index (κ3) is 4.54. The average molecular weight is 239 g/mol. The zero-order valence-corrected chi connectivity index (χ0v) is 9.93. The van der Waals surface area contributed by atoms with Gasteiger partial charge < -0.3 is 16.8 Å². The minimum atomic E-state index is -0.665. The first-order valence-electron chi connectivity index (χ1n) is 5.16. The number of carbonyl (C=O) groups is 2. The molecule has 0 aliphatic carbocycles. The number of anilines is 1. The molecule has 0 bridgehead atoms. The van der Waals surface area contributed by atoms with Gasteiger partial charge in [0.05, 0.1) is 11.9 Å². The summed E-state index contributed by atoms with van der Waals surface area (Å²) in [6, 6.07) is 0. The molecule has 1 rings (SSSR count). The van der Waals surface area contributed by atoms with Crippen LogP contribution in [0.1, 0.15) is 20.3 Å². The van der Waals surface area contributed by atoms with Crippen LogP contribution in [-0.4, -0.2) is 27.1 Å². The van der Waals surface area contributed by atoms with Crippen LogP contribution in [0.15, 0.2) is 12.4 Å². The summed E-state index contributed by atoms with van der Waals surface area (Å²) in [5.74, 6) is -0.710. The van der Waals surface area contributed by atoms with Gasteiger partial charge in [-0.3, -0.25) is 14.3 Å². The van der Waals surface area contributed by atoms with Gasteiger partial charge in [-0.15, -0.1) is 0 Å². The molecule has 94 valence electrons. The summed E-state index contributed by atoms with van der Waals surface area (Å²) in [5.41, 5.74) is 10.4. The third-order valence-corrected chi connectivity index (χ3v) is 2.05.